The van der Waals surface area contributed by atoms with Gasteiger partial charge >= 0.3 is 0 Å². The third-order valence-corrected chi connectivity index (χ3v) is 1.39. The van der Waals surface area contributed by atoms with Crippen molar-refractivity contribution < 1.29 is 0 Å². The summed E-state index contributed by atoms with van der Waals surface area (Å²) in [5, 5.41) is 3.09. The first-order chi connectivity index (χ1) is 3.17. The van der Waals surface area contributed by atoms with Gasteiger partial charge in [-0.25, -0.2) is 0 Å². The van der Waals surface area contributed by atoms with Crippen LogP contribution in [0.3, 0.4) is 0 Å². The number of hydrogen-bond acceptors (Lipinski definition) is 1. The monoisotopic (exact) mass is 97.1 g/mol. The largest absolute Gasteiger partial charge is 0.391 e. The van der Waals surface area contributed by atoms with Crippen LogP contribution in [0.5, 0.6) is 0 Å². The van der Waals surface area contributed by atoms with E-state index < -0.39 is 0 Å². The van der Waals surface area contributed by atoms with Crippen molar-refractivity contribution in [1.82, 2.24) is 5.32 Å². The van der Waals surface area contributed by atoms with Crippen LogP contribution in [0.15, 0.2) is 11.8 Å². The lowest BCUT2D eigenvalue weighted by atomic mass is 10.1. The summed E-state index contributed by atoms with van der Waals surface area (Å²) in [6.45, 7) is 4.39. The molecule has 0 spiro atoms. The molecule has 0 unspecified atom stereocenters. The van der Waals surface area contributed by atoms with Crippen LogP contribution in [-0.4, -0.2) is 7.05 Å². The molecule has 1 aliphatic rings. The molecular weight excluding hydrogens is 86.1 g/mol. The lowest BCUT2D eigenvalue weighted by Gasteiger charge is -1.99. The van der Waals surface area contributed by atoms with Crippen LogP contribution >= 0.6 is 0 Å². The Morgan fingerprint density at radius 3 is 2.00 bits per heavy atom. The molecule has 0 aromatic carbocycles. The van der Waals surface area contributed by atoms with Gasteiger partial charge in [-0.05, 0) is 0 Å². The molecule has 40 valence electrons. The highest BCUT2D eigenvalue weighted by Gasteiger charge is 2.32. The van der Waals surface area contributed by atoms with Crippen molar-refractivity contribution in [1.29, 1.82) is 0 Å². The van der Waals surface area contributed by atoms with Gasteiger partial charge < -0.3 is 5.32 Å². The van der Waals surface area contributed by atoms with E-state index in [0.717, 1.165) is 0 Å². The summed E-state index contributed by atoms with van der Waals surface area (Å²) in [5.41, 5.74) is 1.77. The maximum absolute atomic E-state index is 3.09. The number of hydrogen-bond donors (Lipinski definition) is 1. The summed E-state index contributed by atoms with van der Waals surface area (Å²) in [5.74, 6) is 0. The molecule has 0 saturated heterocycles. The minimum absolute atomic E-state index is 0.398. The van der Waals surface area contributed by atoms with Gasteiger partial charge in [-0.2, -0.15) is 0 Å². The van der Waals surface area contributed by atoms with E-state index in [9.17, 15) is 0 Å². The van der Waals surface area contributed by atoms with Crippen LogP contribution in [0.2, 0.25) is 0 Å². The fraction of sp³-hybridized carbons (Fsp3) is 0.667. The molecule has 0 heterocycles. The predicted molar refractivity (Wildman–Crippen MR) is 30.9 cm³/mol. The molecule has 0 atom stereocenters. The topological polar surface area (TPSA) is 12.0 Å². The Kier molecular flexibility index (Phi) is 0.689. The molecule has 0 aromatic heterocycles. The SMILES string of the molecule is CNC1=CC1(C)C. The molecule has 0 bridgehead atoms. The average molecular weight is 97.2 g/mol. The average Bonchev–Trinajstić information content (AvgIpc) is 2.13. The molecule has 1 N–H and O–H groups in total. The summed E-state index contributed by atoms with van der Waals surface area (Å²) >= 11 is 0. The molecule has 1 nitrogen and oxygen atoms in total. The second kappa shape index (κ2) is 1.03. The van der Waals surface area contributed by atoms with Crippen LogP contribution in [-0.2, 0) is 0 Å². The van der Waals surface area contributed by atoms with Crippen molar-refractivity contribution >= 4 is 0 Å². The zero-order valence-electron chi connectivity index (χ0n) is 5.08. The van der Waals surface area contributed by atoms with Crippen molar-refractivity contribution in [3.05, 3.63) is 11.8 Å². The summed E-state index contributed by atoms with van der Waals surface area (Å²) < 4.78 is 0. The first-order valence-electron chi connectivity index (χ1n) is 2.58. The molecule has 0 radical (unpaired) electrons. The summed E-state index contributed by atoms with van der Waals surface area (Å²) in [7, 11) is 1.96. The van der Waals surface area contributed by atoms with Crippen molar-refractivity contribution in [2.75, 3.05) is 7.05 Å². The van der Waals surface area contributed by atoms with Crippen molar-refractivity contribution in [3.8, 4) is 0 Å². The van der Waals surface area contributed by atoms with E-state index in [1.54, 1.807) is 0 Å². The van der Waals surface area contributed by atoms with Gasteiger partial charge in [0.05, 0.1) is 0 Å². The number of rotatable bonds is 1. The second-order valence-electron chi connectivity index (χ2n) is 2.53. The third kappa shape index (κ3) is 0.625. The molecule has 0 aliphatic heterocycles. The first-order valence-corrected chi connectivity index (χ1v) is 2.58. The number of nitrogens with one attached hydrogen (secondary N) is 1. The predicted octanol–water partition coefficient (Wildman–Crippen LogP) is 1.13. The Morgan fingerprint density at radius 2 is 2.00 bits per heavy atom. The molecule has 1 aliphatic carbocycles. The van der Waals surface area contributed by atoms with Crippen LogP contribution in [0, 0.1) is 5.41 Å². The minimum Gasteiger partial charge on any atom is -0.391 e. The fourth-order valence-electron chi connectivity index (χ4n) is 0.719. The van der Waals surface area contributed by atoms with E-state index in [1.807, 2.05) is 7.05 Å². The Labute approximate surface area is 44.4 Å². The van der Waals surface area contributed by atoms with E-state index >= 15 is 0 Å². The smallest absolute Gasteiger partial charge is 0.0240 e. The summed E-state index contributed by atoms with van der Waals surface area (Å²) in [4.78, 5) is 0. The highest BCUT2D eigenvalue weighted by molar-refractivity contribution is 5.33. The molecule has 0 saturated carbocycles. The standard InChI is InChI=1S/C6H11N/c1-6(2)4-5(6)7-3/h4,7H,1-3H3. The Balaban J connectivity index is 2.40. The highest BCUT2D eigenvalue weighted by atomic mass is 14.9. The third-order valence-electron chi connectivity index (χ3n) is 1.39. The van der Waals surface area contributed by atoms with Gasteiger partial charge in [-0.1, -0.05) is 19.9 Å². The van der Waals surface area contributed by atoms with E-state index in [-0.39, 0.29) is 0 Å². The van der Waals surface area contributed by atoms with Gasteiger partial charge in [0, 0.05) is 18.2 Å². The van der Waals surface area contributed by atoms with Gasteiger partial charge in [-0.3, -0.25) is 0 Å². The molecule has 1 rings (SSSR count). The van der Waals surface area contributed by atoms with E-state index in [2.05, 4.69) is 25.2 Å². The Morgan fingerprint density at radius 1 is 1.57 bits per heavy atom. The van der Waals surface area contributed by atoms with Gasteiger partial charge in [0.1, 0.15) is 0 Å². The fourth-order valence-corrected chi connectivity index (χ4v) is 0.719. The second-order valence-corrected chi connectivity index (χ2v) is 2.53. The lowest BCUT2D eigenvalue weighted by molar-refractivity contribution is 0.664. The van der Waals surface area contributed by atoms with Crippen molar-refractivity contribution in [2.24, 2.45) is 5.41 Å². The normalized spacial score (nSPS) is 23.6. The van der Waals surface area contributed by atoms with Crippen molar-refractivity contribution in [3.63, 3.8) is 0 Å². The quantitative estimate of drug-likeness (QED) is 0.517. The summed E-state index contributed by atoms with van der Waals surface area (Å²) in [6, 6.07) is 0. The van der Waals surface area contributed by atoms with Gasteiger partial charge in [0.2, 0.25) is 0 Å². The molecule has 0 fully saturated rings. The summed E-state index contributed by atoms with van der Waals surface area (Å²) in [6.07, 6.45) is 2.22. The number of allylic oxidation sites excluding steroid dienone is 2. The van der Waals surface area contributed by atoms with Gasteiger partial charge in [-0.15, -0.1) is 0 Å². The Bertz CT molecular complexity index is 111. The van der Waals surface area contributed by atoms with E-state index in [1.165, 1.54) is 5.70 Å². The van der Waals surface area contributed by atoms with Crippen LogP contribution in [0.1, 0.15) is 13.8 Å². The molecule has 7 heavy (non-hydrogen) atoms. The highest BCUT2D eigenvalue weighted by Crippen LogP contribution is 2.39. The van der Waals surface area contributed by atoms with Gasteiger partial charge in [0.25, 0.3) is 0 Å². The molecular formula is C6H11N. The van der Waals surface area contributed by atoms with Crippen LogP contribution in [0.4, 0.5) is 0 Å². The maximum atomic E-state index is 3.09. The van der Waals surface area contributed by atoms with Crippen LogP contribution < -0.4 is 5.32 Å². The zero-order chi connectivity index (χ0) is 5.49. The first kappa shape index (κ1) is 4.69. The zero-order valence-corrected chi connectivity index (χ0v) is 5.08. The minimum atomic E-state index is 0.398. The van der Waals surface area contributed by atoms with E-state index in [0.29, 0.717) is 5.41 Å². The molecule has 1 heteroatoms. The Hall–Kier alpha value is -0.460. The van der Waals surface area contributed by atoms with Gasteiger partial charge in [0.15, 0.2) is 0 Å². The molecule has 0 amide bonds. The van der Waals surface area contributed by atoms with E-state index in [4.69, 9.17) is 0 Å². The lowest BCUT2D eigenvalue weighted by Crippen LogP contribution is -2.04. The van der Waals surface area contributed by atoms with Crippen LogP contribution in [0.25, 0.3) is 0 Å². The van der Waals surface area contributed by atoms with Crippen molar-refractivity contribution in [2.45, 2.75) is 13.8 Å². The molecule has 0 aromatic rings. The maximum Gasteiger partial charge on any atom is 0.0240 e.